The SMILES string of the molecule is CC(C)N1CCCCC1n1c(=O)[nH]c2cccc(Cl)c21. The Labute approximate surface area is 123 Å². The third kappa shape index (κ3) is 2.17. The van der Waals surface area contributed by atoms with E-state index in [2.05, 4.69) is 23.7 Å². The summed E-state index contributed by atoms with van der Waals surface area (Å²) in [5.74, 6) is 0. The third-order valence-corrected chi connectivity index (χ3v) is 4.47. The second-order valence-electron chi connectivity index (χ2n) is 5.74. The number of aromatic amines is 1. The average molecular weight is 294 g/mol. The van der Waals surface area contributed by atoms with Crippen LogP contribution in [0.4, 0.5) is 0 Å². The van der Waals surface area contributed by atoms with Gasteiger partial charge in [0, 0.05) is 12.6 Å². The zero-order chi connectivity index (χ0) is 14.3. The standard InChI is InChI=1S/C15H20ClN3O/c1-10(2)18-9-4-3-8-13(18)19-14-11(16)6-5-7-12(14)17-15(19)20/h5-7,10,13H,3-4,8-9H2,1-2H3,(H,17,20). The average Bonchev–Trinajstić information content (AvgIpc) is 2.76. The number of hydrogen-bond acceptors (Lipinski definition) is 2. The van der Waals surface area contributed by atoms with E-state index < -0.39 is 0 Å². The van der Waals surface area contributed by atoms with Crippen molar-refractivity contribution in [3.8, 4) is 0 Å². The van der Waals surface area contributed by atoms with Gasteiger partial charge in [0.1, 0.15) is 0 Å². The maximum Gasteiger partial charge on any atom is 0.327 e. The molecule has 1 aromatic heterocycles. The van der Waals surface area contributed by atoms with Crippen LogP contribution in [0.3, 0.4) is 0 Å². The summed E-state index contributed by atoms with van der Waals surface area (Å²) in [7, 11) is 0. The molecule has 2 heterocycles. The van der Waals surface area contributed by atoms with Crippen LogP contribution in [0.1, 0.15) is 39.3 Å². The number of likely N-dealkylation sites (tertiary alicyclic amines) is 1. The molecule has 0 aliphatic carbocycles. The van der Waals surface area contributed by atoms with Gasteiger partial charge in [0.25, 0.3) is 0 Å². The Kier molecular flexibility index (Phi) is 3.61. The molecular formula is C15H20ClN3O. The zero-order valence-electron chi connectivity index (χ0n) is 11.9. The summed E-state index contributed by atoms with van der Waals surface area (Å²) < 4.78 is 1.84. The van der Waals surface area contributed by atoms with Gasteiger partial charge in [-0.15, -0.1) is 0 Å². The first-order valence-corrected chi connectivity index (χ1v) is 7.62. The molecule has 1 fully saturated rings. The van der Waals surface area contributed by atoms with E-state index >= 15 is 0 Å². The van der Waals surface area contributed by atoms with Crippen LogP contribution >= 0.6 is 11.6 Å². The van der Waals surface area contributed by atoms with Crippen molar-refractivity contribution in [1.29, 1.82) is 0 Å². The van der Waals surface area contributed by atoms with Gasteiger partial charge in [-0.25, -0.2) is 4.79 Å². The molecule has 2 aromatic rings. The number of aromatic nitrogens is 2. The highest BCUT2D eigenvalue weighted by molar-refractivity contribution is 6.34. The first kappa shape index (κ1) is 13.7. The molecule has 5 heteroatoms. The van der Waals surface area contributed by atoms with Crippen molar-refractivity contribution >= 4 is 22.6 Å². The summed E-state index contributed by atoms with van der Waals surface area (Å²) in [5, 5.41) is 0.634. The maximum atomic E-state index is 12.4. The Morgan fingerprint density at radius 2 is 2.15 bits per heavy atom. The molecule has 3 rings (SSSR count). The van der Waals surface area contributed by atoms with Gasteiger partial charge >= 0.3 is 5.69 Å². The summed E-state index contributed by atoms with van der Waals surface area (Å²) in [6.07, 6.45) is 3.44. The monoisotopic (exact) mass is 293 g/mol. The highest BCUT2D eigenvalue weighted by atomic mass is 35.5. The molecule has 1 saturated heterocycles. The van der Waals surface area contributed by atoms with E-state index in [0.717, 1.165) is 30.4 Å². The minimum absolute atomic E-state index is 0.0642. The Morgan fingerprint density at radius 3 is 2.90 bits per heavy atom. The number of piperidine rings is 1. The number of para-hydroxylation sites is 1. The number of hydrogen-bond donors (Lipinski definition) is 1. The molecule has 0 amide bonds. The molecule has 1 aromatic carbocycles. The minimum Gasteiger partial charge on any atom is -0.305 e. The van der Waals surface area contributed by atoms with Gasteiger partial charge < -0.3 is 4.98 Å². The summed E-state index contributed by atoms with van der Waals surface area (Å²) in [6, 6.07) is 6.03. The number of rotatable bonds is 2. The van der Waals surface area contributed by atoms with Gasteiger partial charge in [-0.3, -0.25) is 9.47 Å². The van der Waals surface area contributed by atoms with Gasteiger partial charge in [-0.1, -0.05) is 17.7 Å². The predicted octanol–water partition coefficient (Wildman–Crippen LogP) is 3.38. The quantitative estimate of drug-likeness (QED) is 0.922. The van der Waals surface area contributed by atoms with Crippen LogP contribution in [0, 0.1) is 0 Å². The molecule has 0 spiro atoms. The molecular weight excluding hydrogens is 274 g/mol. The van der Waals surface area contributed by atoms with Crippen molar-refractivity contribution in [3.05, 3.63) is 33.7 Å². The number of imidazole rings is 1. The van der Waals surface area contributed by atoms with Crippen LogP contribution < -0.4 is 5.69 Å². The van der Waals surface area contributed by atoms with Crippen molar-refractivity contribution in [2.45, 2.75) is 45.3 Å². The van der Waals surface area contributed by atoms with Crippen molar-refractivity contribution in [2.75, 3.05) is 6.54 Å². The Balaban J connectivity index is 2.17. The van der Waals surface area contributed by atoms with E-state index in [1.54, 1.807) is 0 Å². The lowest BCUT2D eigenvalue weighted by Gasteiger charge is -2.39. The molecule has 0 bridgehead atoms. The molecule has 20 heavy (non-hydrogen) atoms. The molecule has 4 nitrogen and oxygen atoms in total. The van der Waals surface area contributed by atoms with Gasteiger partial charge in [-0.2, -0.15) is 0 Å². The first-order valence-electron chi connectivity index (χ1n) is 7.24. The molecule has 1 unspecified atom stereocenters. The van der Waals surface area contributed by atoms with Gasteiger partial charge in [0.2, 0.25) is 0 Å². The molecule has 0 saturated carbocycles. The fraction of sp³-hybridized carbons (Fsp3) is 0.533. The smallest absolute Gasteiger partial charge is 0.305 e. The minimum atomic E-state index is -0.0642. The molecule has 1 aliphatic heterocycles. The summed E-state index contributed by atoms with van der Waals surface area (Å²) in [4.78, 5) is 17.7. The second kappa shape index (κ2) is 5.26. The molecule has 1 aliphatic rings. The van der Waals surface area contributed by atoms with E-state index in [1.807, 2.05) is 22.8 Å². The molecule has 0 radical (unpaired) electrons. The van der Waals surface area contributed by atoms with Crippen LogP contribution in [0.15, 0.2) is 23.0 Å². The van der Waals surface area contributed by atoms with E-state index in [-0.39, 0.29) is 11.9 Å². The summed E-state index contributed by atoms with van der Waals surface area (Å²) in [5.41, 5.74) is 1.58. The highest BCUT2D eigenvalue weighted by Crippen LogP contribution is 2.31. The van der Waals surface area contributed by atoms with Crippen molar-refractivity contribution in [2.24, 2.45) is 0 Å². The number of benzene rings is 1. The molecule has 1 N–H and O–H groups in total. The second-order valence-corrected chi connectivity index (χ2v) is 6.15. The van der Waals surface area contributed by atoms with Crippen LogP contribution in [-0.2, 0) is 0 Å². The van der Waals surface area contributed by atoms with Gasteiger partial charge in [-0.05, 0) is 45.2 Å². The van der Waals surface area contributed by atoms with Crippen molar-refractivity contribution < 1.29 is 0 Å². The molecule has 1 atom stereocenters. The Hall–Kier alpha value is -1.26. The Morgan fingerprint density at radius 1 is 1.35 bits per heavy atom. The van der Waals surface area contributed by atoms with Crippen LogP contribution in [-0.4, -0.2) is 27.0 Å². The van der Waals surface area contributed by atoms with Crippen LogP contribution in [0.5, 0.6) is 0 Å². The van der Waals surface area contributed by atoms with Crippen LogP contribution in [0.2, 0.25) is 5.02 Å². The lowest BCUT2D eigenvalue weighted by molar-refractivity contribution is 0.0649. The van der Waals surface area contributed by atoms with E-state index in [0.29, 0.717) is 11.1 Å². The molecule has 108 valence electrons. The van der Waals surface area contributed by atoms with E-state index in [4.69, 9.17) is 11.6 Å². The third-order valence-electron chi connectivity index (χ3n) is 4.16. The van der Waals surface area contributed by atoms with E-state index in [1.165, 1.54) is 6.42 Å². The zero-order valence-corrected chi connectivity index (χ0v) is 12.7. The number of H-pyrrole nitrogens is 1. The fourth-order valence-electron chi connectivity index (χ4n) is 3.24. The van der Waals surface area contributed by atoms with Crippen molar-refractivity contribution in [3.63, 3.8) is 0 Å². The highest BCUT2D eigenvalue weighted by Gasteiger charge is 2.28. The summed E-state index contributed by atoms with van der Waals surface area (Å²) in [6.45, 7) is 5.39. The largest absolute Gasteiger partial charge is 0.327 e. The van der Waals surface area contributed by atoms with Crippen molar-refractivity contribution in [1.82, 2.24) is 14.5 Å². The predicted molar refractivity (Wildman–Crippen MR) is 82.3 cm³/mol. The number of nitrogens with one attached hydrogen (secondary N) is 1. The topological polar surface area (TPSA) is 41.0 Å². The number of halogens is 1. The fourth-order valence-corrected chi connectivity index (χ4v) is 3.50. The Bertz CT molecular complexity index is 673. The maximum absolute atomic E-state index is 12.4. The first-order chi connectivity index (χ1) is 9.59. The normalized spacial score (nSPS) is 20.9. The van der Waals surface area contributed by atoms with Gasteiger partial charge in [0.15, 0.2) is 0 Å². The number of nitrogens with zero attached hydrogens (tertiary/aromatic N) is 2. The van der Waals surface area contributed by atoms with Gasteiger partial charge in [0.05, 0.1) is 22.2 Å². The van der Waals surface area contributed by atoms with Crippen LogP contribution in [0.25, 0.3) is 11.0 Å². The lowest BCUT2D eigenvalue weighted by atomic mass is 10.1. The lowest BCUT2D eigenvalue weighted by Crippen LogP contribution is -2.43. The number of fused-ring (bicyclic) bond motifs is 1. The van der Waals surface area contributed by atoms with E-state index in [9.17, 15) is 4.79 Å². The summed E-state index contributed by atoms with van der Waals surface area (Å²) >= 11 is 6.32.